The van der Waals surface area contributed by atoms with Gasteiger partial charge in [-0.2, -0.15) is 5.10 Å². The molecule has 0 aliphatic rings. The Hall–Kier alpha value is -2.95. The van der Waals surface area contributed by atoms with Gasteiger partial charge in [0.25, 0.3) is 0 Å². The van der Waals surface area contributed by atoms with Crippen molar-refractivity contribution in [1.82, 2.24) is 5.43 Å². The molecule has 5 nitrogen and oxygen atoms in total. The molecule has 0 aliphatic carbocycles. The molecule has 0 atom stereocenters. The molecule has 124 valence electrons. The summed E-state index contributed by atoms with van der Waals surface area (Å²) in [6, 6.07) is 17.2. The van der Waals surface area contributed by atoms with Crippen molar-refractivity contribution in [2.45, 2.75) is 26.7 Å². The van der Waals surface area contributed by atoms with Crippen LogP contribution in [0.2, 0.25) is 0 Å². The Morgan fingerprint density at radius 2 is 1.62 bits per heavy atom. The Kier molecular flexibility index (Phi) is 6.25. The van der Waals surface area contributed by atoms with Gasteiger partial charge in [0, 0.05) is 11.4 Å². The molecular weight excluding hydrogens is 302 g/mol. The molecule has 0 spiro atoms. The first-order valence-electron chi connectivity index (χ1n) is 7.79. The van der Waals surface area contributed by atoms with Gasteiger partial charge < -0.3 is 5.32 Å². The maximum atomic E-state index is 11.8. The van der Waals surface area contributed by atoms with E-state index >= 15 is 0 Å². The van der Waals surface area contributed by atoms with Crippen molar-refractivity contribution in [3.8, 4) is 0 Å². The maximum absolute atomic E-state index is 11.8. The standard InChI is InChI=1S/C19H21N3O2/c1-14-8-12-17(13-9-14)20-18(23)19(24)22-21-15(2)10-11-16-6-4-3-5-7-16/h3-9,12-13H,10-11H2,1-2H3,(H,20,23)(H,22,24)/b21-15+. The third-order valence-electron chi connectivity index (χ3n) is 3.48. The smallest absolute Gasteiger partial charge is 0.318 e. The second-order valence-corrected chi connectivity index (χ2v) is 5.59. The number of anilines is 1. The average Bonchev–Trinajstić information content (AvgIpc) is 2.60. The first kappa shape index (κ1) is 17.4. The van der Waals surface area contributed by atoms with Gasteiger partial charge in [0.1, 0.15) is 0 Å². The van der Waals surface area contributed by atoms with Crippen LogP contribution in [0.3, 0.4) is 0 Å². The number of hydrazone groups is 1. The molecule has 2 rings (SSSR count). The Balaban J connectivity index is 1.80. The summed E-state index contributed by atoms with van der Waals surface area (Å²) in [4.78, 5) is 23.6. The molecule has 5 heteroatoms. The van der Waals surface area contributed by atoms with Crippen LogP contribution in [-0.2, 0) is 16.0 Å². The summed E-state index contributed by atoms with van der Waals surface area (Å²) in [7, 11) is 0. The number of nitrogens with zero attached hydrogens (tertiary/aromatic N) is 1. The number of rotatable bonds is 5. The van der Waals surface area contributed by atoms with Gasteiger partial charge in [0.05, 0.1) is 0 Å². The summed E-state index contributed by atoms with van der Waals surface area (Å²) in [6.45, 7) is 3.77. The van der Waals surface area contributed by atoms with Crippen molar-refractivity contribution in [3.63, 3.8) is 0 Å². The average molecular weight is 323 g/mol. The zero-order valence-corrected chi connectivity index (χ0v) is 13.9. The van der Waals surface area contributed by atoms with Crippen molar-refractivity contribution in [2.24, 2.45) is 5.10 Å². The Morgan fingerprint density at radius 3 is 2.29 bits per heavy atom. The van der Waals surface area contributed by atoms with Crippen molar-refractivity contribution < 1.29 is 9.59 Å². The number of aryl methyl sites for hydroxylation is 2. The van der Waals surface area contributed by atoms with Crippen LogP contribution < -0.4 is 10.7 Å². The monoisotopic (exact) mass is 323 g/mol. The van der Waals surface area contributed by atoms with E-state index in [0.29, 0.717) is 12.1 Å². The van der Waals surface area contributed by atoms with E-state index in [9.17, 15) is 9.59 Å². The molecule has 0 radical (unpaired) electrons. The van der Waals surface area contributed by atoms with Crippen LogP contribution in [0.4, 0.5) is 5.69 Å². The molecule has 2 N–H and O–H groups in total. The number of carbonyl (C=O) groups excluding carboxylic acids is 2. The lowest BCUT2D eigenvalue weighted by atomic mass is 10.1. The van der Waals surface area contributed by atoms with Gasteiger partial charge in [-0.3, -0.25) is 9.59 Å². The van der Waals surface area contributed by atoms with Crippen LogP contribution in [0, 0.1) is 6.92 Å². The summed E-state index contributed by atoms with van der Waals surface area (Å²) in [5, 5.41) is 6.50. The lowest BCUT2D eigenvalue weighted by Crippen LogP contribution is -2.32. The van der Waals surface area contributed by atoms with Crippen LogP contribution in [0.25, 0.3) is 0 Å². The minimum atomic E-state index is -0.783. The second kappa shape index (κ2) is 8.62. The highest BCUT2D eigenvalue weighted by Crippen LogP contribution is 2.08. The van der Waals surface area contributed by atoms with E-state index in [0.717, 1.165) is 17.7 Å². The van der Waals surface area contributed by atoms with Crippen LogP contribution in [0.1, 0.15) is 24.5 Å². The van der Waals surface area contributed by atoms with Gasteiger partial charge in [-0.25, -0.2) is 5.43 Å². The summed E-state index contributed by atoms with van der Waals surface area (Å²) in [5.41, 5.74) is 5.91. The van der Waals surface area contributed by atoms with Gasteiger partial charge in [-0.1, -0.05) is 48.0 Å². The first-order valence-corrected chi connectivity index (χ1v) is 7.79. The molecule has 0 aromatic heterocycles. The minimum absolute atomic E-state index is 0.575. The highest BCUT2D eigenvalue weighted by Gasteiger charge is 2.12. The topological polar surface area (TPSA) is 70.6 Å². The molecule has 0 saturated carbocycles. The highest BCUT2D eigenvalue weighted by atomic mass is 16.2. The first-order chi connectivity index (χ1) is 11.5. The van der Waals surface area contributed by atoms with Gasteiger partial charge in [-0.05, 0) is 44.4 Å². The molecule has 0 saturated heterocycles. The van der Waals surface area contributed by atoms with Gasteiger partial charge >= 0.3 is 11.8 Å². The van der Waals surface area contributed by atoms with E-state index in [1.807, 2.05) is 56.3 Å². The molecule has 0 fully saturated rings. The highest BCUT2D eigenvalue weighted by molar-refractivity contribution is 6.39. The van der Waals surface area contributed by atoms with Crippen LogP contribution in [0.15, 0.2) is 59.7 Å². The zero-order chi connectivity index (χ0) is 17.4. The summed E-state index contributed by atoms with van der Waals surface area (Å²) >= 11 is 0. The normalized spacial score (nSPS) is 11.0. The number of nitrogens with one attached hydrogen (secondary N) is 2. The van der Waals surface area contributed by atoms with Crippen LogP contribution >= 0.6 is 0 Å². The van der Waals surface area contributed by atoms with Gasteiger partial charge in [0.15, 0.2) is 0 Å². The number of amides is 2. The van der Waals surface area contributed by atoms with E-state index < -0.39 is 11.8 Å². The fourth-order valence-corrected chi connectivity index (χ4v) is 2.05. The summed E-state index contributed by atoms with van der Waals surface area (Å²) < 4.78 is 0. The number of hydrogen-bond acceptors (Lipinski definition) is 3. The second-order valence-electron chi connectivity index (χ2n) is 5.59. The minimum Gasteiger partial charge on any atom is -0.318 e. The molecule has 2 aromatic rings. The number of benzene rings is 2. The molecule has 2 aromatic carbocycles. The summed E-state index contributed by atoms with van der Waals surface area (Å²) in [6.07, 6.45) is 1.55. The Morgan fingerprint density at radius 1 is 0.958 bits per heavy atom. The third-order valence-corrected chi connectivity index (χ3v) is 3.48. The van der Waals surface area contributed by atoms with Gasteiger partial charge in [-0.15, -0.1) is 0 Å². The number of hydrogen-bond donors (Lipinski definition) is 2. The lowest BCUT2D eigenvalue weighted by molar-refractivity contribution is -0.136. The Labute approximate surface area is 141 Å². The predicted molar refractivity (Wildman–Crippen MR) is 95.8 cm³/mol. The van der Waals surface area contributed by atoms with Crippen molar-refractivity contribution in [1.29, 1.82) is 0 Å². The molecule has 24 heavy (non-hydrogen) atoms. The van der Waals surface area contributed by atoms with Crippen LogP contribution in [-0.4, -0.2) is 17.5 Å². The van der Waals surface area contributed by atoms with Crippen LogP contribution in [0.5, 0.6) is 0 Å². The summed E-state index contributed by atoms with van der Waals surface area (Å²) in [5.74, 6) is -1.52. The van der Waals surface area contributed by atoms with E-state index in [4.69, 9.17) is 0 Å². The fraction of sp³-hybridized carbons (Fsp3) is 0.211. The largest absolute Gasteiger partial charge is 0.329 e. The van der Waals surface area contributed by atoms with E-state index in [2.05, 4.69) is 15.8 Å². The molecule has 2 amide bonds. The molecular formula is C19H21N3O2. The van der Waals surface area contributed by atoms with Gasteiger partial charge in [0.2, 0.25) is 0 Å². The zero-order valence-electron chi connectivity index (χ0n) is 13.9. The molecule has 0 aliphatic heterocycles. The van der Waals surface area contributed by atoms with E-state index in [1.165, 1.54) is 5.56 Å². The SMILES string of the molecule is C/C(CCc1ccccc1)=N\NC(=O)C(=O)Nc1ccc(C)cc1. The molecule has 0 unspecified atom stereocenters. The van der Waals surface area contributed by atoms with E-state index in [-0.39, 0.29) is 0 Å². The molecule has 0 heterocycles. The molecule has 0 bridgehead atoms. The van der Waals surface area contributed by atoms with Crippen molar-refractivity contribution >= 4 is 23.2 Å². The van der Waals surface area contributed by atoms with E-state index in [1.54, 1.807) is 12.1 Å². The fourth-order valence-electron chi connectivity index (χ4n) is 2.05. The third kappa shape index (κ3) is 5.68. The quantitative estimate of drug-likeness (QED) is 0.504. The predicted octanol–water partition coefficient (Wildman–Crippen LogP) is 3.06. The Bertz CT molecular complexity index is 722. The lowest BCUT2D eigenvalue weighted by Gasteiger charge is -2.05. The number of carbonyl (C=O) groups is 2. The maximum Gasteiger partial charge on any atom is 0.329 e. The van der Waals surface area contributed by atoms with Crippen molar-refractivity contribution in [3.05, 3.63) is 65.7 Å². The van der Waals surface area contributed by atoms with Crippen molar-refractivity contribution in [2.75, 3.05) is 5.32 Å².